The van der Waals surface area contributed by atoms with Gasteiger partial charge in [-0.25, -0.2) is 0 Å². The molecule has 0 heterocycles. The number of ketones is 1. The zero-order chi connectivity index (χ0) is 18.5. The van der Waals surface area contributed by atoms with Gasteiger partial charge in [-0.3, -0.25) is 9.59 Å². The minimum atomic E-state index is -0.240. The van der Waals surface area contributed by atoms with Gasteiger partial charge in [-0.05, 0) is 55.0 Å². The van der Waals surface area contributed by atoms with Gasteiger partial charge in [0.25, 0.3) is 0 Å². The Kier molecular flexibility index (Phi) is 5.56. The van der Waals surface area contributed by atoms with Gasteiger partial charge < -0.3 is 15.8 Å². The van der Waals surface area contributed by atoms with Crippen molar-refractivity contribution in [2.75, 3.05) is 18.2 Å². The Morgan fingerprint density at radius 2 is 1.81 bits per heavy atom. The third kappa shape index (κ3) is 4.23. The van der Waals surface area contributed by atoms with E-state index >= 15 is 0 Å². The smallest absolute Gasteiger partial charge is 0.224 e. The van der Waals surface area contributed by atoms with Crippen LogP contribution in [-0.2, 0) is 17.6 Å². The van der Waals surface area contributed by atoms with Crippen molar-refractivity contribution in [2.24, 2.45) is 0 Å². The molecule has 5 heteroatoms. The summed E-state index contributed by atoms with van der Waals surface area (Å²) in [6, 6.07) is 11.0. The number of nitrogens with two attached hydrogens (primary N) is 1. The predicted octanol–water partition coefficient (Wildman–Crippen LogP) is 3.76. The van der Waals surface area contributed by atoms with Crippen molar-refractivity contribution in [3.63, 3.8) is 0 Å². The van der Waals surface area contributed by atoms with Gasteiger partial charge in [-0.2, -0.15) is 0 Å². The van der Waals surface area contributed by atoms with E-state index in [0.717, 1.165) is 12.8 Å². The van der Waals surface area contributed by atoms with Gasteiger partial charge in [0.1, 0.15) is 5.75 Å². The molecule has 1 aliphatic carbocycles. The molecule has 0 bridgehead atoms. The van der Waals surface area contributed by atoms with E-state index in [2.05, 4.69) is 11.4 Å². The molecule has 2 aromatic rings. The fourth-order valence-corrected chi connectivity index (χ4v) is 3.26. The maximum atomic E-state index is 12.4. The first-order valence-corrected chi connectivity index (χ1v) is 8.95. The van der Waals surface area contributed by atoms with Gasteiger partial charge >= 0.3 is 0 Å². The summed E-state index contributed by atoms with van der Waals surface area (Å²) in [5.41, 5.74) is 10.1. The molecular weight excluding hydrogens is 328 g/mol. The Balaban J connectivity index is 1.58. The molecule has 0 atom stereocenters. The van der Waals surface area contributed by atoms with Crippen LogP contribution in [0, 0.1) is 0 Å². The fourth-order valence-electron chi connectivity index (χ4n) is 3.26. The second kappa shape index (κ2) is 8.04. The highest BCUT2D eigenvalue weighted by atomic mass is 16.5. The molecule has 5 nitrogen and oxygen atoms in total. The zero-order valence-electron chi connectivity index (χ0n) is 15.0. The molecule has 0 aliphatic heterocycles. The first-order chi connectivity index (χ1) is 12.6. The summed E-state index contributed by atoms with van der Waals surface area (Å²) in [7, 11) is 1.55. The Labute approximate surface area is 153 Å². The first kappa shape index (κ1) is 18.0. The molecule has 0 radical (unpaired) electrons. The van der Waals surface area contributed by atoms with Crippen LogP contribution in [0.2, 0.25) is 0 Å². The number of benzene rings is 2. The summed E-state index contributed by atoms with van der Waals surface area (Å²) < 4.78 is 5.13. The number of carbonyl (C=O) groups excluding carboxylic acids is 2. The molecular formula is C21H24N2O3. The van der Waals surface area contributed by atoms with Crippen LogP contribution >= 0.6 is 0 Å². The summed E-state index contributed by atoms with van der Waals surface area (Å²) in [4.78, 5) is 24.6. The van der Waals surface area contributed by atoms with E-state index in [9.17, 15) is 9.59 Å². The number of Topliss-reactive ketones (excluding diaryl/α,β-unsaturated/α-hetero) is 1. The van der Waals surface area contributed by atoms with E-state index < -0.39 is 0 Å². The van der Waals surface area contributed by atoms with Crippen molar-refractivity contribution >= 4 is 23.1 Å². The highest BCUT2D eigenvalue weighted by molar-refractivity contribution is 6.01. The molecule has 136 valence electrons. The number of ether oxygens (including phenoxy) is 1. The molecule has 26 heavy (non-hydrogen) atoms. The number of nitrogens with one attached hydrogen (secondary N) is 1. The minimum absolute atomic E-state index is 0.00728. The van der Waals surface area contributed by atoms with Gasteiger partial charge in [-0.15, -0.1) is 0 Å². The number of aryl methyl sites for hydroxylation is 2. The van der Waals surface area contributed by atoms with Crippen LogP contribution in [0.4, 0.5) is 11.4 Å². The van der Waals surface area contributed by atoms with Crippen molar-refractivity contribution in [3.8, 4) is 5.75 Å². The maximum absolute atomic E-state index is 12.4. The third-order valence-electron chi connectivity index (χ3n) is 4.78. The number of fused-ring (bicyclic) bond motifs is 1. The number of carbonyl (C=O) groups is 2. The lowest BCUT2D eigenvalue weighted by Gasteiger charge is -2.16. The molecule has 1 amide bonds. The molecule has 1 aliphatic rings. The van der Waals surface area contributed by atoms with Gasteiger partial charge in [-0.1, -0.05) is 12.1 Å². The van der Waals surface area contributed by atoms with Crippen molar-refractivity contribution in [1.82, 2.24) is 0 Å². The lowest BCUT2D eigenvalue weighted by molar-refractivity contribution is -0.116. The van der Waals surface area contributed by atoms with E-state index in [4.69, 9.17) is 10.5 Å². The Bertz CT molecular complexity index is 830. The first-order valence-electron chi connectivity index (χ1n) is 8.95. The zero-order valence-corrected chi connectivity index (χ0v) is 15.0. The van der Waals surface area contributed by atoms with Crippen LogP contribution in [0.5, 0.6) is 5.75 Å². The van der Waals surface area contributed by atoms with E-state index in [0.29, 0.717) is 22.7 Å². The molecule has 0 unspecified atom stereocenters. The normalized spacial score (nSPS) is 13.0. The Morgan fingerprint density at radius 1 is 1.04 bits per heavy atom. The van der Waals surface area contributed by atoms with Crippen LogP contribution in [0.15, 0.2) is 36.4 Å². The van der Waals surface area contributed by atoms with Gasteiger partial charge in [0.05, 0.1) is 18.5 Å². The average Bonchev–Trinajstić information content (AvgIpc) is 2.67. The molecule has 3 rings (SSSR count). The summed E-state index contributed by atoms with van der Waals surface area (Å²) in [5.74, 6) is 0.364. The lowest BCUT2D eigenvalue weighted by Crippen LogP contribution is -2.15. The van der Waals surface area contributed by atoms with E-state index in [1.54, 1.807) is 25.3 Å². The molecule has 0 saturated carbocycles. The lowest BCUT2D eigenvalue weighted by atomic mass is 9.89. The Morgan fingerprint density at radius 3 is 2.58 bits per heavy atom. The number of methoxy groups -OCH3 is 1. The SMILES string of the molecule is COc1ccc(N)c(NC(=O)CCC(=O)c2ccc3c(c2)CCCC3)c1. The number of amides is 1. The summed E-state index contributed by atoms with van der Waals surface area (Å²) in [5, 5.41) is 2.75. The molecule has 0 spiro atoms. The van der Waals surface area contributed by atoms with Crippen molar-refractivity contribution in [2.45, 2.75) is 38.5 Å². The van der Waals surface area contributed by atoms with Gasteiger partial charge in [0, 0.05) is 24.5 Å². The van der Waals surface area contributed by atoms with Crippen LogP contribution in [-0.4, -0.2) is 18.8 Å². The second-order valence-corrected chi connectivity index (χ2v) is 6.62. The summed E-state index contributed by atoms with van der Waals surface area (Å²) in [6.45, 7) is 0. The summed E-state index contributed by atoms with van der Waals surface area (Å²) in [6.07, 6.45) is 4.81. The van der Waals surface area contributed by atoms with Gasteiger partial charge in [0.2, 0.25) is 5.91 Å². The molecule has 0 fully saturated rings. The summed E-state index contributed by atoms with van der Waals surface area (Å²) >= 11 is 0. The number of hydrogen-bond donors (Lipinski definition) is 2. The van der Waals surface area contributed by atoms with Crippen molar-refractivity contribution in [3.05, 3.63) is 53.1 Å². The quantitative estimate of drug-likeness (QED) is 0.613. The Hall–Kier alpha value is -2.82. The second-order valence-electron chi connectivity index (χ2n) is 6.62. The highest BCUT2D eigenvalue weighted by Gasteiger charge is 2.14. The fraction of sp³-hybridized carbons (Fsp3) is 0.333. The topological polar surface area (TPSA) is 81.4 Å². The highest BCUT2D eigenvalue weighted by Crippen LogP contribution is 2.25. The van der Waals surface area contributed by atoms with Crippen LogP contribution in [0.1, 0.15) is 47.2 Å². The van der Waals surface area contributed by atoms with Crippen LogP contribution in [0.25, 0.3) is 0 Å². The molecule has 2 aromatic carbocycles. The third-order valence-corrected chi connectivity index (χ3v) is 4.78. The molecule has 3 N–H and O–H groups in total. The number of nitrogen functional groups attached to an aromatic ring is 1. The minimum Gasteiger partial charge on any atom is -0.497 e. The largest absolute Gasteiger partial charge is 0.497 e. The van der Waals surface area contributed by atoms with E-state index in [-0.39, 0.29) is 24.5 Å². The number of hydrogen-bond acceptors (Lipinski definition) is 4. The average molecular weight is 352 g/mol. The van der Waals surface area contributed by atoms with Crippen molar-refractivity contribution in [1.29, 1.82) is 0 Å². The molecule has 0 aromatic heterocycles. The predicted molar refractivity (Wildman–Crippen MR) is 103 cm³/mol. The van der Waals surface area contributed by atoms with Gasteiger partial charge in [0.15, 0.2) is 5.78 Å². The van der Waals surface area contributed by atoms with E-state index in [1.807, 2.05) is 12.1 Å². The number of rotatable bonds is 6. The van der Waals surface area contributed by atoms with E-state index in [1.165, 1.54) is 24.0 Å². The van der Waals surface area contributed by atoms with Crippen LogP contribution in [0.3, 0.4) is 0 Å². The monoisotopic (exact) mass is 352 g/mol. The maximum Gasteiger partial charge on any atom is 0.224 e. The standard InChI is InChI=1S/C21H24N2O3/c1-26-17-8-9-18(22)19(13-17)23-21(25)11-10-20(24)16-7-6-14-4-2-3-5-15(14)12-16/h6-9,12-13H,2-5,10-11,22H2,1H3,(H,23,25). The molecule has 0 saturated heterocycles. The van der Waals surface area contributed by atoms with Crippen molar-refractivity contribution < 1.29 is 14.3 Å². The number of anilines is 2. The van der Waals surface area contributed by atoms with Crippen LogP contribution < -0.4 is 15.8 Å².